The second kappa shape index (κ2) is 14.3. The molecule has 0 unspecified atom stereocenters. The van der Waals surface area contributed by atoms with Crippen LogP contribution in [0, 0.1) is 14.3 Å². The number of halogens is 4. The fourth-order valence-electron chi connectivity index (χ4n) is 3.01. The minimum Gasteiger partial charge on any atom is -0.491 e. The van der Waals surface area contributed by atoms with Gasteiger partial charge in [0, 0.05) is 18.9 Å². The number of ether oxygens (including phenoxy) is 3. The molecule has 0 saturated heterocycles. The molecule has 0 saturated carbocycles. The first kappa shape index (κ1) is 28.1. The third-order valence-electron chi connectivity index (χ3n) is 4.62. The number of benzene rings is 2. The summed E-state index contributed by atoms with van der Waals surface area (Å²) < 4.78 is 20.9. The molecule has 0 fully saturated rings. The number of methoxy groups -OCH3 is 1. The number of hydrogen-bond donors (Lipinski definition) is 1. The largest absolute Gasteiger partial charge is 0.491 e. The molecule has 180 valence electrons. The molecule has 0 aliphatic carbocycles. The SMILES string of the molecule is COC(=O)Cc1cc(I)c(Oc2cc(I)c(OCCCNCc3cccnc3)c(I)c2)c(I)c1. The lowest BCUT2D eigenvalue weighted by molar-refractivity contribution is -0.139. The molecule has 3 aromatic rings. The maximum atomic E-state index is 11.6. The third-order valence-corrected chi connectivity index (χ3v) is 7.83. The molecule has 3 rings (SSSR count). The Labute approximate surface area is 253 Å². The van der Waals surface area contributed by atoms with Gasteiger partial charge in [0.1, 0.15) is 11.5 Å². The molecule has 0 radical (unpaired) electrons. The lowest BCUT2D eigenvalue weighted by Crippen LogP contribution is -2.17. The van der Waals surface area contributed by atoms with Crippen LogP contribution in [-0.2, 0) is 22.5 Å². The van der Waals surface area contributed by atoms with Crippen molar-refractivity contribution in [3.05, 3.63) is 74.2 Å². The number of hydrogen-bond acceptors (Lipinski definition) is 6. The summed E-state index contributed by atoms with van der Waals surface area (Å²) in [4.78, 5) is 15.7. The van der Waals surface area contributed by atoms with Crippen molar-refractivity contribution in [2.24, 2.45) is 0 Å². The third kappa shape index (κ3) is 8.58. The number of esters is 1. The fraction of sp³-hybridized carbons (Fsp3) is 0.250. The van der Waals surface area contributed by atoms with E-state index in [1.54, 1.807) is 6.20 Å². The summed E-state index contributed by atoms with van der Waals surface area (Å²) in [6.45, 7) is 2.30. The zero-order valence-electron chi connectivity index (χ0n) is 18.2. The number of carbonyl (C=O) groups excluding carboxylic acids is 1. The normalized spacial score (nSPS) is 10.7. The molecular formula is C24H22I4N2O4. The molecule has 0 aliphatic rings. The van der Waals surface area contributed by atoms with Crippen molar-refractivity contribution in [3.8, 4) is 17.2 Å². The van der Waals surface area contributed by atoms with E-state index in [4.69, 9.17) is 14.2 Å². The zero-order chi connectivity index (χ0) is 24.5. The van der Waals surface area contributed by atoms with Crippen LogP contribution in [0.4, 0.5) is 0 Å². The van der Waals surface area contributed by atoms with Crippen molar-refractivity contribution in [1.82, 2.24) is 10.3 Å². The average molecular weight is 910 g/mol. The first-order valence-corrected chi connectivity index (χ1v) is 14.6. The van der Waals surface area contributed by atoms with Crippen molar-refractivity contribution < 1.29 is 19.0 Å². The van der Waals surface area contributed by atoms with Gasteiger partial charge >= 0.3 is 5.97 Å². The highest BCUT2D eigenvalue weighted by molar-refractivity contribution is 14.1. The first-order valence-electron chi connectivity index (χ1n) is 10.3. The van der Waals surface area contributed by atoms with Gasteiger partial charge in [-0.1, -0.05) is 6.07 Å². The van der Waals surface area contributed by atoms with Gasteiger partial charge < -0.3 is 19.5 Å². The minimum absolute atomic E-state index is 0.240. The smallest absolute Gasteiger partial charge is 0.309 e. The van der Waals surface area contributed by atoms with Crippen molar-refractivity contribution >= 4 is 96.3 Å². The quantitative estimate of drug-likeness (QED) is 0.134. The van der Waals surface area contributed by atoms with Gasteiger partial charge in [0.25, 0.3) is 0 Å². The Hall–Kier alpha value is -0.460. The summed E-state index contributed by atoms with van der Waals surface area (Å²) in [6, 6.07) is 11.9. The van der Waals surface area contributed by atoms with Gasteiger partial charge in [-0.25, -0.2) is 0 Å². The predicted octanol–water partition coefficient (Wildman–Crippen LogP) is 6.57. The van der Waals surface area contributed by atoms with E-state index in [9.17, 15) is 4.79 Å². The Morgan fingerprint density at radius 2 is 1.65 bits per heavy atom. The maximum absolute atomic E-state index is 11.6. The summed E-state index contributed by atoms with van der Waals surface area (Å²) in [6.07, 6.45) is 4.79. The van der Waals surface area contributed by atoms with Gasteiger partial charge in [0.2, 0.25) is 0 Å². The molecule has 0 atom stereocenters. The number of aromatic nitrogens is 1. The Morgan fingerprint density at radius 1 is 0.971 bits per heavy atom. The van der Waals surface area contributed by atoms with Crippen LogP contribution in [0.15, 0.2) is 48.8 Å². The van der Waals surface area contributed by atoms with Crippen LogP contribution >= 0.6 is 90.4 Å². The van der Waals surface area contributed by atoms with Crippen LogP contribution in [0.5, 0.6) is 17.2 Å². The molecule has 1 heterocycles. The summed E-state index contributed by atoms with van der Waals surface area (Å²) in [5.41, 5.74) is 2.07. The molecule has 6 nitrogen and oxygen atoms in total. The van der Waals surface area contributed by atoms with Gasteiger partial charge in [-0.15, -0.1) is 0 Å². The topological polar surface area (TPSA) is 69.7 Å². The molecule has 1 aromatic heterocycles. The Kier molecular flexibility index (Phi) is 11.8. The molecular weight excluding hydrogens is 888 g/mol. The van der Waals surface area contributed by atoms with E-state index in [2.05, 4.69) is 107 Å². The van der Waals surface area contributed by atoms with Gasteiger partial charge in [-0.3, -0.25) is 9.78 Å². The molecule has 1 N–H and O–H groups in total. The minimum atomic E-state index is -0.260. The Morgan fingerprint density at radius 3 is 2.26 bits per heavy atom. The van der Waals surface area contributed by atoms with Crippen molar-refractivity contribution in [2.45, 2.75) is 19.4 Å². The van der Waals surface area contributed by atoms with E-state index in [1.807, 2.05) is 36.5 Å². The summed E-state index contributed by atoms with van der Waals surface area (Å²) in [5.74, 6) is 2.13. The van der Waals surface area contributed by atoms with E-state index >= 15 is 0 Å². The van der Waals surface area contributed by atoms with E-state index < -0.39 is 0 Å². The van der Waals surface area contributed by atoms with Crippen LogP contribution in [0.2, 0.25) is 0 Å². The van der Waals surface area contributed by atoms with Crippen LogP contribution in [0.1, 0.15) is 17.5 Å². The monoisotopic (exact) mass is 910 g/mol. The molecule has 0 spiro atoms. The number of rotatable bonds is 11. The molecule has 2 aromatic carbocycles. The molecule has 0 amide bonds. The van der Waals surface area contributed by atoms with E-state index in [-0.39, 0.29) is 12.4 Å². The molecule has 10 heteroatoms. The highest BCUT2D eigenvalue weighted by atomic mass is 127. The number of pyridine rings is 1. The average Bonchev–Trinajstić information content (AvgIpc) is 2.80. The zero-order valence-corrected chi connectivity index (χ0v) is 26.9. The summed E-state index contributed by atoms with van der Waals surface area (Å²) >= 11 is 9.03. The van der Waals surface area contributed by atoms with Gasteiger partial charge in [-0.2, -0.15) is 0 Å². The van der Waals surface area contributed by atoms with Crippen molar-refractivity contribution in [3.63, 3.8) is 0 Å². The molecule has 0 bridgehead atoms. The van der Waals surface area contributed by atoms with Crippen molar-refractivity contribution in [1.29, 1.82) is 0 Å². The standard InChI is InChI=1S/C24H22I4N2O4/c1-32-22(31)10-16-8-18(25)24(19(26)9-16)34-17-11-20(27)23(21(28)12-17)33-7-3-6-30-14-15-4-2-5-29-13-15/h2,4-5,8-9,11-13,30H,3,6-7,10,14H2,1H3. The van der Waals surface area contributed by atoms with E-state index in [0.29, 0.717) is 6.61 Å². The van der Waals surface area contributed by atoms with E-state index in [0.717, 1.165) is 56.6 Å². The van der Waals surface area contributed by atoms with Crippen LogP contribution in [0.3, 0.4) is 0 Å². The van der Waals surface area contributed by atoms with Crippen molar-refractivity contribution in [2.75, 3.05) is 20.3 Å². The lowest BCUT2D eigenvalue weighted by Gasteiger charge is -2.15. The van der Waals surface area contributed by atoms with Crippen LogP contribution < -0.4 is 14.8 Å². The molecule has 0 aliphatic heterocycles. The van der Waals surface area contributed by atoms with Crippen LogP contribution in [-0.4, -0.2) is 31.2 Å². The second-order valence-corrected chi connectivity index (χ2v) is 11.8. The van der Waals surface area contributed by atoms with Gasteiger partial charge in [0.05, 0.1) is 34.4 Å². The first-order chi connectivity index (χ1) is 16.4. The molecule has 34 heavy (non-hydrogen) atoms. The maximum Gasteiger partial charge on any atom is 0.309 e. The van der Waals surface area contributed by atoms with Gasteiger partial charge in [0.15, 0.2) is 5.75 Å². The van der Waals surface area contributed by atoms with Crippen LogP contribution in [0.25, 0.3) is 0 Å². The summed E-state index contributed by atoms with van der Waals surface area (Å²) in [5, 5.41) is 3.41. The summed E-state index contributed by atoms with van der Waals surface area (Å²) in [7, 11) is 1.40. The Balaban J connectivity index is 1.56. The lowest BCUT2D eigenvalue weighted by atomic mass is 10.1. The Bertz CT molecular complexity index is 1080. The van der Waals surface area contributed by atoms with Gasteiger partial charge in [-0.05, 0) is 145 Å². The number of carbonyl (C=O) groups is 1. The predicted molar refractivity (Wildman–Crippen MR) is 166 cm³/mol. The van der Waals surface area contributed by atoms with E-state index in [1.165, 1.54) is 12.7 Å². The highest BCUT2D eigenvalue weighted by Crippen LogP contribution is 2.37. The second-order valence-electron chi connectivity index (χ2n) is 7.20. The highest BCUT2D eigenvalue weighted by Gasteiger charge is 2.15. The fourth-order valence-corrected chi connectivity index (χ4v) is 7.15. The number of nitrogens with one attached hydrogen (secondary N) is 1. The number of nitrogens with zero attached hydrogens (tertiary/aromatic N) is 1.